The summed E-state index contributed by atoms with van der Waals surface area (Å²) in [5, 5.41) is 0. The van der Waals surface area contributed by atoms with E-state index in [1.165, 1.54) is 19.2 Å². The lowest BCUT2D eigenvalue weighted by Gasteiger charge is -2.08. The number of carbonyl (C=O) groups excluding carboxylic acids is 1. The van der Waals surface area contributed by atoms with Crippen molar-refractivity contribution in [2.45, 2.75) is 6.54 Å². The lowest BCUT2D eigenvalue weighted by molar-refractivity contribution is 0.0589. The number of hydrogen-bond acceptors (Lipinski definition) is 3. The summed E-state index contributed by atoms with van der Waals surface area (Å²) in [6.45, 7) is 0.230. The van der Waals surface area contributed by atoms with Gasteiger partial charge in [0.2, 0.25) is 0 Å². The second-order valence-corrected chi connectivity index (χ2v) is 3.87. The van der Waals surface area contributed by atoms with Crippen LogP contribution in [0.15, 0.2) is 36.5 Å². The Morgan fingerprint density at radius 1 is 1.44 bits per heavy atom. The van der Waals surface area contributed by atoms with E-state index in [2.05, 4.69) is 4.74 Å². The minimum Gasteiger partial charge on any atom is -0.464 e. The molecule has 1 heterocycles. The van der Waals surface area contributed by atoms with E-state index in [0.29, 0.717) is 16.9 Å². The Morgan fingerprint density at radius 3 is 2.83 bits per heavy atom. The number of carbonyl (C=O) groups is 1. The highest BCUT2D eigenvalue weighted by atomic mass is 19.1. The molecule has 4 nitrogen and oxygen atoms in total. The van der Waals surface area contributed by atoms with Crippen LogP contribution in [0.4, 0.5) is 10.1 Å². The first-order chi connectivity index (χ1) is 8.61. The van der Waals surface area contributed by atoms with Crippen LogP contribution in [-0.4, -0.2) is 17.6 Å². The van der Waals surface area contributed by atoms with Gasteiger partial charge in [0.1, 0.15) is 11.5 Å². The van der Waals surface area contributed by atoms with Gasteiger partial charge in [-0.05, 0) is 12.1 Å². The van der Waals surface area contributed by atoms with Crippen molar-refractivity contribution in [3.05, 3.63) is 53.6 Å². The number of hydrogen-bond donors (Lipinski definition) is 1. The molecule has 0 atom stereocenters. The van der Waals surface area contributed by atoms with Crippen LogP contribution in [0.1, 0.15) is 16.1 Å². The van der Waals surface area contributed by atoms with Gasteiger partial charge in [-0.25, -0.2) is 9.18 Å². The highest BCUT2D eigenvalue weighted by molar-refractivity contribution is 5.89. The first kappa shape index (κ1) is 12.2. The molecule has 0 fully saturated rings. The Labute approximate surface area is 104 Å². The first-order valence-electron chi connectivity index (χ1n) is 5.39. The molecule has 0 aliphatic heterocycles. The number of halogens is 1. The van der Waals surface area contributed by atoms with E-state index in [9.17, 15) is 9.18 Å². The molecule has 18 heavy (non-hydrogen) atoms. The molecule has 0 radical (unpaired) electrons. The monoisotopic (exact) mass is 248 g/mol. The molecule has 0 saturated carbocycles. The van der Waals surface area contributed by atoms with Gasteiger partial charge in [-0.1, -0.05) is 18.2 Å². The number of nitrogens with zero attached hydrogens (tertiary/aromatic N) is 1. The van der Waals surface area contributed by atoms with Gasteiger partial charge in [0.25, 0.3) is 0 Å². The highest BCUT2D eigenvalue weighted by Crippen LogP contribution is 2.15. The second-order valence-electron chi connectivity index (χ2n) is 3.87. The lowest BCUT2D eigenvalue weighted by atomic mass is 10.2. The number of anilines is 1. The van der Waals surface area contributed by atoms with Gasteiger partial charge in [0.05, 0.1) is 19.3 Å². The molecule has 1 aromatic carbocycles. The van der Waals surface area contributed by atoms with E-state index in [1.807, 2.05) is 0 Å². The smallest absolute Gasteiger partial charge is 0.354 e. The lowest BCUT2D eigenvalue weighted by Crippen LogP contribution is -2.11. The molecule has 1 aromatic heterocycles. The van der Waals surface area contributed by atoms with Crippen LogP contribution in [0.2, 0.25) is 0 Å². The van der Waals surface area contributed by atoms with E-state index in [-0.39, 0.29) is 12.4 Å². The highest BCUT2D eigenvalue weighted by Gasteiger charge is 2.14. The van der Waals surface area contributed by atoms with Crippen molar-refractivity contribution in [2.24, 2.45) is 0 Å². The maximum absolute atomic E-state index is 13.5. The van der Waals surface area contributed by atoms with Crippen LogP contribution in [0, 0.1) is 5.82 Å². The number of nitrogens with two attached hydrogens (primary N) is 1. The summed E-state index contributed by atoms with van der Waals surface area (Å²) < 4.78 is 19.8. The van der Waals surface area contributed by atoms with Crippen molar-refractivity contribution >= 4 is 11.7 Å². The number of methoxy groups -OCH3 is 1. The van der Waals surface area contributed by atoms with Crippen LogP contribution in [-0.2, 0) is 11.3 Å². The van der Waals surface area contributed by atoms with Gasteiger partial charge in [0.15, 0.2) is 0 Å². The zero-order valence-electron chi connectivity index (χ0n) is 9.89. The summed E-state index contributed by atoms with van der Waals surface area (Å²) in [7, 11) is 1.29. The summed E-state index contributed by atoms with van der Waals surface area (Å²) in [5.74, 6) is -0.816. The number of nitrogen functional groups attached to an aromatic ring is 1. The summed E-state index contributed by atoms with van der Waals surface area (Å²) in [4.78, 5) is 11.5. The normalized spacial score (nSPS) is 10.3. The van der Waals surface area contributed by atoms with Gasteiger partial charge >= 0.3 is 5.97 Å². The zero-order chi connectivity index (χ0) is 13.1. The maximum Gasteiger partial charge on any atom is 0.354 e. The summed E-state index contributed by atoms with van der Waals surface area (Å²) in [6, 6.07) is 7.90. The minimum atomic E-state index is -0.497. The molecule has 0 amide bonds. The number of rotatable bonds is 3. The van der Waals surface area contributed by atoms with Gasteiger partial charge in [-0.15, -0.1) is 0 Å². The van der Waals surface area contributed by atoms with Crippen LogP contribution in [0.5, 0.6) is 0 Å². The SMILES string of the molecule is COC(=O)c1cc(N)cn1Cc1ccccc1F. The molecule has 0 aliphatic carbocycles. The molecule has 5 heteroatoms. The third kappa shape index (κ3) is 2.34. The summed E-state index contributed by atoms with van der Waals surface area (Å²) in [5.41, 5.74) is 6.87. The van der Waals surface area contributed by atoms with E-state index in [1.54, 1.807) is 29.0 Å². The molecule has 0 spiro atoms. The van der Waals surface area contributed by atoms with Crippen LogP contribution in [0.3, 0.4) is 0 Å². The van der Waals surface area contributed by atoms with E-state index in [0.717, 1.165) is 0 Å². The van der Waals surface area contributed by atoms with Gasteiger partial charge in [-0.2, -0.15) is 0 Å². The summed E-state index contributed by atoms with van der Waals surface area (Å²) >= 11 is 0. The van der Waals surface area contributed by atoms with E-state index in [4.69, 9.17) is 5.73 Å². The standard InChI is InChI=1S/C13H13FN2O2/c1-18-13(17)12-6-10(15)8-16(12)7-9-4-2-3-5-11(9)14/h2-6,8H,7,15H2,1H3. The van der Waals surface area contributed by atoms with Crippen LogP contribution < -0.4 is 5.73 Å². The average molecular weight is 248 g/mol. The van der Waals surface area contributed by atoms with Crippen molar-refractivity contribution < 1.29 is 13.9 Å². The fourth-order valence-electron chi connectivity index (χ4n) is 1.75. The number of ether oxygens (including phenoxy) is 1. The maximum atomic E-state index is 13.5. The molecule has 2 N–H and O–H groups in total. The van der Waals surface area contributed by atoms with Crippen molar-refractivity contribution in [1.82, 2.24) is 4.57 Å². The molecular weight excluding hydrogens is 235 g/mol. The fraction of sp³-hybridized carbons (Fsp3) is 0.154. The van der Waals surface area contributed by atoms with Crippen molar-refractivity contribution in [2.75, 3.05) is 12.8 Å². The second kappa shape index (κ2) is 4.91. The Bertz CT molecular complexity index is 578. The summed E-state index contributed by atoms with van der Waals surface area (Å²) in [6.07, 6.45) is 1.58. The van der Waals surface area contributed by atoms with E-state index < -0.39 is 5.97 Å². The topological polar surface area (TPSA) is 57.2 Å². The van der Waals surface area contributed by atoms with Crippen molar-refractivity contribution in [3.63, 3.8) is 0 Å². The molecule has 2 aromatic rings. The number of benzene rings is 1. The van der Waals surface area contributed by atoms with Gasteiger partial charge in [0, 0.05) is 11.8 Å². The Morgan fingerprint density at radius 2 is 2.17 bits per heavy atom. The Balaban J connectivity index is 2.35. The quantitative estimate of drug-likeness (QED) is 0.846. The predicted molar refractivity (Wildman–Crippen MR) is 65.7 cm³/mol. The third-order valence-corrected chi connectivity index (χ3v) is 2.61. The van der Waals surface area contributed by atoms with E-state index >= 15 is 0 Å². The predicted octanol–water partition coefficient (Wildman–Crippen LogP) is 2.04. The van der Waals surface area contributed by atoms with Gasteiger partial charge in [-0.3, -0.25) is 0 Å². The van der Waals surface area contributed by atoms with Crippen molar-refractivity contribution in [1.29, 1.82) is 0 Å². The molecule has 0 aliphatic rings. The third-order valence-electron chi connectivity index (χ3n) is 2.61. The van der Waals surface area contributed by atoms with Crippen LogP contribution in [0.25, 0.3) is 0 Å². The molecule has 2 rings (SSSR count). The zero-order valence-corrected chi connectivity index (χ0v) is 9.89. The molecule has 0 unspecified atom stereocenters. The largest absolute Gasteiger partial charge is 0.464 e. The first-order valence-corrected chi connectivity index (χ1v) is 5.39. The van der Waals surface area contributed by atoms with Crippen LogP contribution >= 0.6 is 0 Å². The number of esters is 1. The molecule has 94 valence electrons. The molecular formula is C13H13FN2O2. The molecule has 0 saturated heterocycles. The average Bonchev–Trinajstić information content (AvgIpc) is 2.72. The number of aromatic nitrogens is 1. The minimum absolute atomic E-state index is 0.230. The fourth-order valence-corrected chi connectivity index (χ4v) is 1.75. The molecule has 0 bridgehead atoms. The van der Waals surface area contributed by atoms with Crippen molar-refractivity contribution in [3.8, 4) is 0 Å². The Hall–Kier alpha value is -2.30. The van der Waals surface area contributed by atoms with Gasteiger partial charge < -0.3 is 15.0 Å². The Kier molecular flexibility index (Phi) is 3.32.